The number of hydrogen-bond acceptors (Lipinski definition) is 6. The Morgan fingerprint density at radius 3 is 1.28 bits per heavy atom. The molecule has 2 aliphatic heterocycles. The highest BCUT2D eigenvalue weighted by Crippen LogP contribution is 2.06. The molecule has 4 atom stereocenters. The standard InChI is InChI=1S/2C5H9NO3/c2*7-3-1-2-6-4(3)5(8)9/h2*3-4,6-7H,1-2H2,(H,8,9)/t2*3?,4-/m00/s1. The molecule has 2 unspecified atom stereocenters. The van der Waals surface area contributed by atoms with Gasteiger partial charge in [0.25, 0.3) is 0 Å². The first-order valence-electron chi connectivity index (χ1n) is 5.72. The van der Waals surface area contributed by atoms with Crippen LogP contribution in [0.15, 0.2) is 0 Å². The van der Waals surface area contributed by atoms with Gasteiger partial charge in [-0.15, -0.1) is 0 Å². The van der Waals surface area contributed by atoms with Crippen molar-refractivity contribution < 1.29 is 30.0 Å². The van der Waals surface area contributed by atoms with Crippen molar-refractivity contribution >= 4 is 11.9 Å². The predicted molar refractivity (Wildman–Crippen MR) is 60.1 cm³/mol. The maximum Gasteiger partial charge on any atom is 0.323 e. The lowest BCUT2D eigenvalue weighted by Crippen LogP contribution is -2.38. The lowest BCUT2D eigenvalue weighted by Gasteiger charge is -2.06. The molecule has 104 valence electrons. The Bertz CT molecular complexity index is 281. The molecule has 2 saturated heterocycles. The van der Waals surface area contributed by atoms with Gasteiger partial charge >= 0.3 is 11.9 Å². The van der Waals surface area contributed by atoms with Crippen LogP contribution in [0.3, 0.4) is 0 Å². The van der Waals surface area contributed by atoms with E-state index in [1.165, 1.54) is 0 Å². The van der Waals surface area contributed by atoms with Gasteiger partial charge in [-0.3, -0.25) is 9.59 Å². The number of carboxylic acid groups (broad SMARTS) is 2. The van der Waals surface area contributed by atoms with Crippen molar-refractivity contribution in [2.24, 2.45) is 0 Å². The molecule has 2 fully saturated rings. The van der Waals surface area contributed by atoms with Crippen molar-refractivity contribution in [1.29, 1.82) is 0 Å². The van der Waals surface area contributed by atoms with E-state index in [9.17, 15) is 9.59 Å². The highest BCUT2D eigenvalue weighted by Gasteiger charge is 2.31. The van der Waals surface area contributed by atoms with Gasteiger partial charge in [-0.2, -0.15) is 0 Å². The smallest absolute Gasteiger partial charge is 0.323 e. The molecule has 2 aliphatic rings. The fraction of sp³-hybridized carbons (Fsp3) is 0.800. The zero-order valence-corrected chi connectivity index (χ0v) is 9.74. The van der Waals surface area contributed by atoms with Crippen LogP contribution in [0, 0.1) is 0 Å². The van der Waals surface area contributed by atoms with Gasteiger partial charge in [-0.05, 0) is 25.9 Å². The van der Waals surface area contributed by atoms with Gasteiger partial charge in [-0.1, -0.05) is 0 Å². The molecule has 0 bridgehead atoms. The number of aliphatic carboxylic acids is 2. The van der Waals surface area contributed by atoms with Gasteiger partial charge in [0.2, 0.25) is 0 Å². The summed E-state index contributed by atoms with van der Waals surface area (Å²) in [5.41, 5.74) is 0. The van der Waals surface area contributed by atoms with Crippen molar-refractivity contribution in [3.8, 4) is 0 Å². The minimum atomic E-state index is -0.972. The fourth-order valence-electron chi connectivity index (χ4n) is 1.88. The summed E-state index contributed by atoms with van der Waals surface area (Å²) in [6.07, 6.45) is -0.335. The summed E-state index contributed by atoms with van der Waals surface area (Å²) in [5.74, 6) is -1.94. The van der Waals surface area contributed by atoms with E-state index in [0.717, 1.165) is 0 Å². The zero-order chi connectivity index (χ0) is 13.7. The Kier molecular flexibility index (Phi) is 5.48. The average molecular weight is 262 g/mol. The molecule has 0 aromatic carbocycles. The van der Waals surface area contributed by atoms with E-state index in [-0.39, 0.29) is 0 Å². The molecular formula is C10H18N2O6. The number of nitrogens with one attached hydrogen (secondary N) is 2. The highest BCUT2D eigenvalue weighted by atomic mass is 16.4. The lowest BCUT2D eigenvalue weighted by molar-refractivity contribution is -0.142. The first-order valence-corrected chi connectivity index (χ1v) is 5.72. The van der Waals surface area contributed by atoms with Crippen molar-refractivity contribution in [2.45, 2.75) is 37.1 Å². The summed E-state index contributed by atoms with van der Waals surface area (Å²) in [6.45, 7) is 1.19. The van der Waals surface area contributed by atoms with Gasteiger partial charge in [-0.25, -0.2) is 0 Å². The minimum Gasteiger partial charge on any atom is -0.480 e. The normalized spacial score (nSPS) is 34.8. The summed E-state index contributed by atoms with van der Waals surface area (Å²) >= 11 is 0. The van der Waals surface area contributed by atoms with E-state index in [0.29, 0.717) is 25.9 Å². The van der Waals surface area contributed by atoms with Crippen LogP contribution < -0.4 is 10.6 Å². The van der Waals surface area contributed by atoms with E-state index in [2.05, 4.69) is 10.6 Å². The van der Waals surface area contributed by atoms with Crippen LogP contribution in [0.4, 0.5) is 0 Å². The molecule has 8 heteroatoms. The van der Waals surface area contributed by atoms with Crippen LogP contribution in [-0.2, 0) is 9.59 Å². The second kappa shape index (κ2) is 6.64. The largest absolute Gasteiger partial charge is 0.480 e. The summed E-state index contributed by atoms with van der Waals surface area (Å²) < 4.78 is 0. The van der Waals surface area contributed by atoms with Gasteiger partial charge in [0.05, 0.1) is 12.2 Å². The molecule has 0 saturated carbocycles. The van der Waals surface area contributed by atoms with Crippen molar-refractivity contribution in [3.05, 3.63) is 0 Å². The van der Waals surface area contributed by atoms with Crippen molar-refractivity contribution in [1.82, 2.24) is 10.6 Å². The maximum absolute atomic E-state index is 10.2. The Balaban J connectivity index is 0.000000180. The Morgan fingerprint density at radius 1 is 0.833 bits per heavy atom. The Labute approximate surface area is 104 Å². The Morgan fingerprint density at radius 2 is 1.17 bits per heavy atom. The van der Waals surface area contributed by atoms with Gasteiger partial charge in [0.1, 0.15) is 12.1 Å². The number of rotatable bonds is 2. The average Bonchev–Trinajstić information content (AvgIpc) is 2.87. The summed E-state index contributed by atoms with van der Waals surface area (Å²) in [6, 6.07) is -1.49. The summed E-state index contributed by atoms with van der Waals surface area (Å²) in [4.78, 5) is 20.4. The van der Waals surface area contributed by atoms with E-state index >= 15 is 0 Å². The van der Waals surface area contributed by atoms with Crippen molar-refractivity contribution in [3.63, 3.8) is 0 Å². The molecule has 0 aromatic rings. The minimum absolute atomic E-state index is 0.539. The van der Waals surface area contributed by atoms with Crippen LogP contribution in [0.5, 0.6) is 0 Å². The molecular weight excluding hydrogens is 244 g/mol. The van der Waals surface area contributed by atoms with E-state index < -0.39 is 36.2 Å². The third-order valence-corrected chi connectivity index (χ3v) is 2.91. The van der Waals surface area contributed by atoms with Crippen LogP contribution in [0.25, 0.3) is 0 Å². The van der Waals surface area contributed by atoms with E-state index in [1.54, 1.807) is 0 Å². The number of carboxylic acids is 2. The third kappa shape index (κ3) is 3.91. The highest BCUT2D eigenvalue weighted by molar-refractivity contribution is 5.75. The molecule has 0 amide bonds. The quantitative estimate of drug-likeness (QED) is 0.323. The van der Waals surface area contributed by atoms with Gasteiger partial charge in [0, 0.05) is 0 Å². The SMILES string of the molecule is O=C(O)[C@H]1NCCC1O.O=C(O)[C@H]1NCCC1O. The first-order chi connectivity index (χ1) is 8.43. The van der Waals surface area contributed by atoms with E-state index in [4.69, 9.17) is 20.4 Å². The molecule has 0 spiro atoms. The van der Waals surface area contributed by atoms with Gasteiger partial charge < -0.3 is 31.1 Å². The first kappa shape index (κ1) is 14.8. The second-order valence-corrected chi connectivity index (χ2v) is 4.25. The molecule has 0 aromatic heterocycles. The molecule has 2 heterocycles. The maximum atomic E-state index is 10.2. The van der Waals surface area contributed by atoms with Crippen LogP contribution in [-0.4, -0.2) is 69.7 Å². The third-order valence-electron chi connectivity index (χ3n) is 2.91. The van der Waals surface area contributed by atoms with Crippen molar-refractivity contribution in [2.75, 3.05) is 13.1 Å². The summed E-state index contributed by atoms with van der Waals surface area (Å²) in [7, 11) is 0. The second-order valence-electron chi connectivity index (χ2n) is 4.25. The molecule has 8 nitrogen and oxygen atoms in total. The molecule has 0 aliphatic carbocycles. The number of aliphatic hydroxyl groups is 2. The molecule has 18 heavy (non-hydrogen) atoms. The van der Waals surface area contributed by atoms with Crippen LogP contribution in [0.2, 0.25) is 0 Å². The molecule has 0 radical (unpaired) electrons. The summed E-state index contributed by atoms with van der Waals surface area (Å²) in [5, 5.41) is 39.9. The molecule has 6 N–H and O–H groups in total. The van der Waals surface area contributed by atoms with Gasteiger partial charge in [0.15, 0.2) is 0 Å². The van der Waals surface area contributed by atoms with Crippen LogP contribution >= 0.6 is 0 Å². The van der Waals surface area contributed by atoms with Crippen LogP contribution in [0.1, 0.15) is 12.8 Å². The molecule has 2 rings (SSSR count). The Hall–Kier alpha value is -1.22. The van der Waals surface area contributed by atoms with E-state index in [1.807, 2.05) is 0 Å². The number of hydrogen-bond donors (Lipinski definition) is 6. The number of aliphatic hydroxyl groups excluding tert-OH is 2. The monoisotopic (exact) mass is 262 g/mol. The lowest BCUT2D eigenvalue weighted by atomic mass is 10.2. The fourth-order valence-corrected chi connectivity index (χ4v) is 1.88. The number of carbonyl (C=O) groups is 2. The zero-order valence-electron chi connectivity index (χ0n) is 9.74. The topological polar surface area (TPSA) is 139 Å². The predicted octanol–water partition coefficient (Wildman–Crippen LogP) is -2.41.